The molecule has 0 fully saturated rings. The summed E-state index contributed by atoms with van der Waals surface area (Å²) in [6, 6.07) is 9.41. The third-order valence-corrected chi connectivity index (χ3v) is 4.34. The van der Waals surface area contributed by atoms with Gasteiger partial charge in [-0.3, -0.25) is 14.3 Å². The van der Waals surface area contributed by atoms with Crippen LogP contribution in [0.2, 0.25) is 0 Å². The molecule has 1 aromatic carbocycles. The largest absolute Gasteiger partial charge is 0.320 e. The van der Waals surface area contributed by atoms with Crippen molar-refractivity contribution < 1.29 is 4.79 Å². The number of aromatic nitrogens is 2. The number of rotatable bonds is 4. The first-order valence-corrected chi connectivity index (χ1v) is 7.89. The Hall–Kier alpha value is -2.56. The standard InChI is InChI=1S/C18H21N3O2/c1-13-17(19-16(22)12-14-8-6-7-9-14)18(23)21(20(13)2)15-10-4-3-5-11-15/h3-5,8,10-11H,6-7,9,12H2,1-2H3,(H,19,22). The molecule has 0 aliphatic heterocycles. The summed E-state index contributed by atoms with van der Waals surface area (Å²) in [6.07, 6.45) is 5.65. The maximum atomic E-state index is 12.7. The van der Waals surface area contributed by atoms with Gasteiger partial charge in [0.05, 0.1) is 11.4 Å². The van der Waals surface area contributed by atoms with Gasteiger partial charge >= 0.3 is 0 Å². The molecule has 3 rings (SSSR count). The van der Waals surface area contributed by atoms with Crippen LogP contribution in [0.1, 0.15) is 31.4 Å². The number of hydrogen-bond acceptors (Lipinski definition) is 2. The number of nitrogens with zero attached hydrogens (tertiary/aromatic N) is 2. The summed E-state index contributed by atoms with van der Waals surface area (Å²) in [5.74, 6) is -0.121. The molecule has 0 saturated heterocycles. The van der Waals surface area contributed by atoms with E-state index in [0.29, 0.717) is 12.1 Å². The summed E-state index contributed by atoms with van der Waals surface area (Å²) >= 11 is 0. The van der Waals surface area contributed by atoms with Crippen LogP contribution in [0.5, 0.6) is 0 Å². The third-order valence-electron chi connectivity index (χ3n) is 4.34. The SMILES string of the molecule is Cc1c(NC(=O)CC2=CCCC2)c(=O)n(-c2ccccc2)n1C. The fourth-order valence-corrected chi connectivity index (χ4v) is 3.00. The number of benzene rings is 1. The van der Waals surface area contributed by atoms with Crippen molar-refractivity contribution in [2.24, 2.45) is 7.05 Å². The molecule has 0 radical (unpaired) electrons. The normalized spacial score (nSPS) is 13.9. The van der Waals surface area contributed by atoms with Gasteiger partial charge in [-0.2, -0.15) is 0 Å². The Balaban J connectivity index is 1.89. The van der Waals surface area contributed by atoms with Crippen LogP contribution < -0.4 is 10.9 Å². The van der Waals surface area contributed by atoms with Crippen LogP contribution in [-0.2, 0) is 11.8 Å². The van der Waals surface area contributed by atoms with Crippen molar-refractivity contribution in [3.05, 3.63) is 58.0 Å². The molecule has 2 aromatic rings. The predicted octanol–water partition coefficient (Wildman–Crippen LogP) is 2.92. The zero-order chi connectivity index (χ0) is 16.4. The zero-order valence-corrected chi connectivity index (χ0v) is 13.5. The molecule has 0 atom stereocenters. The second kappa shape index (κ2) is 6.28. The van der Waals surface area contributed by atoms with E-state index in [4.69, 9.17) is 0 Å². The average Bonchev–Trinajstić information content (AvgIpc) is 3.12. The van der Waals surface area contributed by atoms with Gasteiger partial charge in [-0.25, -0.2) is 4.68 Å². The fourth-order valence-electron chi connectivity index (χ4n) is 3.00. The molecular formula is C18H21N3O2. The fraction of sp³-hybridized carbons (Fsp3) is 0.333. The number of amides is 1. The van der Waals surface area contributed by atoms with Gasteiger partial charge in [0, 0.05) is 13.5 Å². The topological polar surface area (TPSA) is 56.0 Å². The van der Waals surface area contributed by atoms with Crippen LogP contribution in [-0.4, -0.2) is 15.3 Å². The molecule has 5 heteroatoms. The van der Waals surface area contributed by atoms with Crippen molar-refractivity contribution in [1.29, 1.82) is 0 Å². The minimum absolute atomic E-state index is 0.121. The molecule has 120 valence electrons. The van der Waals surface area contributed by atoms with Crippen molar-refractivity contribution in [3.63, 3.8) is 0 Å². The Kier molecular flexibility index (Phi) is 4.19. The number of para-hydroxylation sites is 1. The molecule has 0 bridgehead atoms. The highest BCUT2D eigenvalue weighted by molar-refractivity contribution is 5.92. The average molecular weight is 311 g/mol. The van der Waals surface area contributed by atoms with Gasteiger partial charge in [0.15, 0.2) is 0 Å². The Labute approximate surface area is 135 Å². The van der Waals surface area contributed by atoms with Crippen molar-refractivity contribution in [2.75, 3.05) is 5.32 Å². The van der Waals surface area contributed by atoms with Gasteiger partial charge in [0.1, 0.15) is 5.69 Å². The van der Waals surface area contributed by atoms with E-state index in [-0.39, 0.29) is 11.5 Å². The Morgan fingerprint density at radius 1 is 1.26 bits per heavy atom. The molecular weight excluding hydrogens is 290 g/mol. The number of carbonyl (C=O) groups excluding carboxylic acids is 1. The van der Waals surface area contributed by atoms with Crippen LogP contribution in [0.4, 0.5) is 5.69 Å². The second-order valence-electron chi connectivity index (χ2n) is 5.92. The van der Waals surface area contributed by atoms with Crippen molar-refractivity contribution in [2.45, 2.75) is 32.6 Å². The first-order valence-electron chi connectivity index (χ1n) is 7.89. The smallest absolute Gasteiger partial charge is 0.295 e. The summed E-state index contributed by atoms with van der Waals surface area (Å²) in [4.78, 5) is 24.9. The van der Waals surface area contributed by atoms with E-state index in [2.05, 4.69) is 11.4 Å². The molecule has 1 aliphatic rings. The van der Waals surface area contributed by atoms with Crippen molar-refractivity contribution in [3.8, 4) is 5.69 Å². The summed E-state index contributed by atoms with van der Waals surface area (Å²) in [7, 11) is 1.82. The van der Waals surface area contributed by atoms with E-state index in [1.54, 1.807) is 9.36 Å². The molecule has 5 nitrogen and oxygen atoms in total. The van der Waals surface area contributed by atoms with E-state index in [1.165, 1.54) is 5.57 Å². The quantitative estimate of drug-likeness (QED) is 0.883. The van der Waals surface area contributed by atoms with E-state index >= 15 is 0 Å². The second-order valence-corrected chi connectivity index (χ2v) is 5.92. The summed E-state index contributed by atoms with van der Waals surface area (Å²) in [6.45, 7) is 1.84. The Morgan fingerprint density at radius 2 is 2.00 bits per heavy atom. The number of hydrogen-bond donors (Lipinski definition) is 1. The molecule has 1 N–H and O–H groups in total. The molecule has 0 spiro atoms. The number of anilines is 1. The molecule has 0 unspecified atom stereocenters. The Bertz CT molecular complexity index is 813. The van der Waals surface area contributed by atoms with Crippen LogP contribution in [0.3, 0.4) is 0 Å². The summed E-state index contributed by atoms with van der Waals surface area (Å²) < 4.78 is 3.34. The highest BCUT2D eigenvalue weighted by Crippen LogP contribution is 2.21. The molecule has 1 amide bonds. The maximum absolute atomic E-state index is 12.7. The van der Waals surface area contributed by atoms with Gasteiger partial charge in [0.2, 0.25) is 5.91 Å². The van der Waals surface area contributed by atoms with Crippen LogP contribution in [0.15, 0.2) is 46.8 Å². The number of carbonyl (C=O) groups is 1. The third kappa shape index (κ3) is 2.99. The molecule has 0 saturated carbocycles. The van der Waals surface area contributed by atoms with E-state index in [9.17, 15) is 9.59 Å². The lowest BCUT2D eigenvalue weighted by Crippen LogP contribution is -2.22. The van der Waals surface area contributed by atoms with E-state index in [0.717, 1.165) is 30.6 Å². The first-order chi connectivity index (χ1) is 11.1. The van der Waals surface area contributed by atoms with Crippen LogP contribution in [0.25, 0.3) is 5.69 Å². The van der Waals surface area contributed by atoms with Crippen LogP contribution in [0, 0.1) is 6.92 Å². The van der Waals surface area contributed by atoms with Gasteiger partial charge < -0.3 is 5.32 Å². The predicted molar refractivity (Wildman–Crippen MR) is 90.9 cm³/mol. The molecule has 1 heterocycles. The monoisotopic (exact) mass is 311 g/mol. The molecule has 23 heavy (non-hydrogen) atoms. The lowest BCUT2D eigenvalue weighted by molar-refractivity contribution is -0.115. The van der Waals surface area contributed by atoms with Crippen molar-refractivity contribution >= 4 is 11.6 Å². The first kappa shape index (κ1) is 15.3. The van der Waals surface area contributed by atoms with Crippen molar-refractivity contribution in [1.82, 2.24) is 9.36 Å². The van der Waals surface area contributed by atoms with Gasteiger partial charge in [-0.05, 0) is 38.3 Å². The van der Waals surface area contributed by atoms with Gasteiger partial charge in [-0.15, -0.1) is 0 Å². The lowest BCUT2D eigenvalue weighted by Gasteiger charge is -2.07. The molecule has 1 aromatic heterocycles. The van der Waals surface area contributed by atoms with Gasteiger partial charge in [-0.1, -0.05) is 29.8 Å². The van der Waals surface area contributed by atoms with E-state index in [1.807, 2.05) is 44.3 Å². The van der Waals surface area contributed by atoms with E-state index < -0.39 is 0 Å². The maximum Gasteiger partial charge on any atom is 0.295 e. The van der Waals surface area contributed by atoms with Gasteiger partial charge in [0.25, 0.3) is 5.56 Å². The minimum Gasteiger partial charge on any atom is -0.320 e. The Morgan fingerprint density at radius 3 is 2.65 bits per heavy atom. The number of allylic oxidation sites excluding steroid dienone is 1. The molecule has 1 aliphatic carbocycles. The highest BCUT2D eigenvalue weighted by Gasteiger charge is 2.18. The highest BCUT2D eigenvalue weighted by atomic mass is 16.2. The van der Waals surface area contributed by atoms with Crippen LogP contribution >= 0.6 is 0 Å². The minimum atomic E-state index is -0.204. The number of nitrogens with one attached hydrogen (secondary N) is 1. The summed E-state index contributed by atoms with van der Waals surface area (Å²) in [5.41, 5.74) is 2.85. The lowest BCUT2D eigenvalue weighted by atomic mass is 10.1. The summed E-state index contributed by atoms with van der Waals surface area (Å²) in [5, 5.41) is 2.80. The zero-order valence-electron chi connectivity index (χ0n) is 13.5.